The molecule has 152 valence electrons. The van der Waals surface area contributed by atoms with Gasteiger partial charge in [-0.3, -0.25) is 9.69 Å². The lowest BCUT2D eigenvalue weighted by Gasteiger charge is -2.30. The number of nitrogens with one attached hydrogen (secondary N) is 1. The Morgan fingerprint density at radius 1 is 1.17 bits per heavy atom. The second-order valence-electron chi connectivity index (χ2n) is 8.31. The maximum atomic E-state index is 12.7. The number of para-hydroxylation sites is 2. The Labute approximate surface area is 177 Å². The molecule has 0 unspecified atom stereocenters. The smallest absolute Gasteiger partial charge is 0.238 e. The number of fused-ring (bicyclic) bond motifs is 1. The summed E-state index contributed by atoms with van der Waals surface area (Å²) in [4.78, 5) is 19.8. The first-order valence-electron chi connectivity index (χ1n) is 10.5. The molecule has 1 N–H and O–H groups in total. The number of rotatable bonds is 5. The molecule has 1 amide bonds. The van der Waals surface area contributed by atoms with Gasteiger partial charge in [-0.05, 0) is 62.0 Å². The summed E-state index contributed by atoms with van der Waals surface area (Å²) in [6.07, 6.45) is 2.13. The van der Waals surface area contributed by atoms with Crippen LogP contribution in [0.15, 0.2) is 42.5 Å². The van der Waals surface area contributed by atoms with Crippen molar-refractivity contribution >= 4 is 33.1 Å². The largest absolute Gasteiger partial charge is 0.324 e. The van der Waals surface area contributed by atoms with Crippen LogP contribution in [0.2, 0.25) is 0 Å². The zero-order chi connectivity index (χ0) is 20.4. The minimum atomic E-state index is 0.0830. The SMILES string of the molecule is Cc1cccc(C(C)C)c1NC(=O)CN1CCC(c2nc3ccccc3s2)CC1. The van der Waals surface area contributed by atoms with E-state index in [-0.39, 0.29) is 5.91 Å². The highest BCUT2D eigenvalue weighted by atomic mass is 32.1. The zero-order valence-electron chi connectivity index (χ0n) is 17.4. The van der Waals surface area contributed by atoms with Crippen LogP contribution in [-0.2, 0) is 4.79 Å². The van der Waals surface area contributed by atoms with Gasteiger partial charge in [0.2, 0.25) is 5.91 Å². The van der Waals surface area contributed by atoms with E-state index in [0.717, 1.165) is 42.7 Å². The monoisotopic (exact) mass is 407 g/mol. The molecule has 0 aliphatic carbocycles. The lowest BCUT2D eigenvalue weighted by atomic mass is 9.97. The molecule has 1 aliphatic rings. The third-order valence-corrected chi connectivity index (χ3v) is 7.00. The minimum absolute atomic E-state index is 0.0830. The molecule has 3 aromatic rings. The summed E-state index contributed by atoms with van der Waals surface area (Å²) in [6.45, 7) is 8.73. The Kier molecular flexibility index (Phi) is 5.97. The number of thiazole rings is 1. The van der Waals surface area contributed by atoms with Crippen molar-refractivity contribution in [2.45, 2.75) is 45.4 Å². The van der Waals surface area contributed by atoms with Crippen LogP contribution >= 0.6 is 11.3 Å². The van der Waals surface area contributed by atoms with Crippen molar-refractivity contribution in [3.8, 4) is 0 Å². The summed E-state index contributed by atoms with van der Waals surface area (Å²) in [5.74, 6) is 0.977. The van der Waals surface area contributed by atoms with Gasteiger partial charge in [-0.15, -0.1) is 11.3 Å². The number of benzene rings is 2. The van der Waals surface area contributed by atoms with Crippen molar-refractivity contribution in [1.29, 1.82) is 0 Å². The summed E-state index contributed by atoms with van der Waals surface area (Å²) in [5.41, 5.74) is 4.41. The van der Waals surface area contributed by atoms with Gasteiger partial charge < -0.3 is 5.32 Å². The molecule has 0 spiro atoms. The quantitative estimate of drug-likeness (QED) is 0.603. The molecule has 2 heterocycles. The number of carbonyl (C=O) groups excluding carboxylic acids is 1. The van der Waals surface area contributed by atoms with Crippen LogP contribution in [0.25, 0.3) is 10.2 Å². The third kappa shape index (κ3) is 4.51. The van der Waals surface area contributed by atoms with Crippen molar-refractivity contribution in [2.24, 2.45) is 0 Å². The van der Waals surface area contributed by atoms with Gasteiger partial charge in [0.15, 0.2) is 0 Å². The molecule has 0 radical (unpaired) electrons. The molecular formula is C24H29N3OS. The molecule has 1 aliphatic heterocycles. The van der Waals surface area contributed by atoms with Crippen LogP contribution in [0.4, 0.5) is 5.69 Å². The molecule has 4 rings (SSSR count). The molecule has 29 heavy (non-hydrogen) atoms. The Morgan fingerprint density at radius 2 is 1.93 bits per heavy atom. The number of hydrogen-bond acceptors (Lipinski definition) is 4. The predicted octanol–water partition coefficient (Wildman–Crippen LogP) is 5.55. The summed E-state index contributed by atoms with van der Waals surface area (Å²) in [7, 11) is 0. The zero-order valence-corrected chi connectivity index (χ0v) is 18.3. The van der Waals surface area contributed by atoms with E-state index in [0.29, 0.717) is 18.4 Å². The lowest BCUT2D eigenvalue weighted by molar-refractivity contribution is -0.117. The molecule has 4 nitrogen and oxygen atoms in total. The molecule has 1 saturated heterocycles. The number of likely N-dealkylation sites (tertiary alicyclic amines) is 1. The molecule has 0 saturated carbocycles. The van der Waals surface area contributed by atoms with Gasteiger partial charge in [0.1, 0.15) is 0 Å². The highest BCUT2D eigenvalue weighted by molar-refractivity contribution is 7.18. The standard InChI is InChI=1S/C24H29N3OS/c1-16(2)19-8-6-7-17(3)23(19)26-22(28)15-27-13-11-18(12-14-27)24-25-20-9-4-5-10-21(20)29-24/h4-10,16,18H,11-15H2,1-3H3,(H,26,28). The second kappa shape index (κ2) is 8.64. The molecule has 0 bridgehead atoms. The third-order valence-electron chi connectivity index (χ3n) is 5.81. The normalized spacial score (nSPS) is 15.9. The Balaban J connectivity index is 1.34. The number of aromatic nitrogens is 1. The number of piperidine rings is 1. The highest BCUT2D eigenvalue weighted by Crippen LogP contribution is 2.34. The van der Waals surface area contributed by atoms with E-state index in [9.17, 15) is 4.79 Å². The van der Waals surface area contributed by atoms with E-state index in [1.54, 1.807) is 0 Å². The van der Waals surface area contributed by atoms with E-state index < -0.39 is 0 Å². The van der Waals surface area contributed by atoms with E-state index in [1.165, 1.54) is 15.3 Å². The summed E-state index contributed by atoms with van der Waals surface area (Å²) in [6, 6.07) is 14.6. The first-order valence-corrected chi connectivity index (χ1v) is 11.3. The van der Waals surface area contributed by atoms with Crippen LogP contribution in [-0.4, -0.2) is 35.4 Å². The molecule has 2 aromatic carbocycles. The topological polar surface area (TPSA) is 45.2 Å². The first-order chi connectivity index (χ1) is 14.0. The van der Waals surface area contributed by atoms with Gasteiger partial charge in [-0.1, -0.05) is 44.2 Å². The number of anilines is 1. The number of hydrogen-bond donors (Lipinski definition) is 1. The van der Waals surface area contributed by atoms with Crippen molar-refractivity contribution in [1.82, 2.24) is 9.88 Å². The number of nitrogens with zero attached hydrogens (tertiary/aromatic N) is 2. The average Bonchev–Trinajstić information content (AvgIpc) is 3.14. The maximum absolute atomic E-state index is 12.7. The maximum Gasteiger partial charge on any atom is 0.238 e. The van der Waals surface area contributed by atoms with Crippen molar-refractivity contribution in [2.75, 3.05) is 25.0 Å². The van der Waals surface area contributed by atoms with Gasteiger partial charge in [0.05, 0.1) is 21.8 Å². The Morgan fingerprint density at radius 3 is 2.66 bits per heavy atom. The van der Waals surface area contributed by atoms with Gasteiger partial charge in [0, 0.05) is 11.6 Å². The molecule has 1 fully saturated rings. The summed E-state index contributed by atoms with van der Waals surface area (Å²) >= 11 is 1.82. The predicted molar refractivity (Wildman–Crippen MR) is 122 cm³/mol. The molecule has 0 atom stereocenters. The van der Waals surface area contributed by atoms with Crippen molar-refractivity contribution in [3.63, 3.8) is 0 Å². The fraction of sp³-hybridized carbons (Fsp3) is 0.417. The fourth-order valence-corrected chi connectivity index (χ4v) is 5.26. The number of aryl methyl sites for hydroxylation is 1. The average molecular weight is 408 g/mol. The van der Waals surface area contributed by atoms with Gasteiger partial charge in [-0.25, -0.2) is 4.98 Å². The van der Waals surface area contributed by atoms with Crippen molar-refractivity contribution < 1.29 is 4.79 Å². The number of amides is 1. The van der Waals surface area contributed by atoms with Crippen LogP contribution in [0.1, 0.15) is 54.7 Å². The van der Waals surface area contributed by atoms with Gasteiger partial charge >= 0.3 is 0 Å². The van der Waals surface area contributed by atoms with Crippen molar-refractivity contribution in [3.05, 3.63) is 58.6 Å². The minimum Gasteiger partial charge on any atom is -0.324 e. The van der Waals surface area contributed by atoms with E-state index in [2.05, 4.69) is 67.4 Å². The van der Waals surface area contributed by atoms with E-state index in [1.807, 2.05) is 17.4 Å². The fourth-order valence-electron chi connectivity index (χ4n) is 4.13. The first kappa shape index (κ1) is 20.0. The Hall–Kier alpha value is -2.24. The van der Waals surface area contributed by atoms with E-state index in [4.69, 9.17) is 4.98 Å². The molecular weight excluding hydrogens is 378 g/mol. The summed E-state index contributed by atoms with van der Waals surface area (Å²) in [5, 5.41) is 4.42. The van der Waals surface area contributed by atoms with Crippen LogP contribution < -0.4 is 5.32 Å². The van der Waals surface area contributed by atoms with Crippen LogP contribution in [0, 0.1) is 6.92 Å². The van der Waals surface area contributed by atoms with Crippen LogP contribution in [0.3, 0.4) is 0 Å². The second-order valence-corrected chi connectivity index (χ2v) is 9.37. The van der Waals surface area contributed by atoms with Crippen LogP contribution in [0.5, 0.6) is 0 Å². The lowest BCUT2D eigenvalue weighted by Crippen LogP contribution is -2.38. The van der Waals surface area contributed by atoms with Gasteiger partial charge in [-0.2, -0.15) is 0 Å². The Bertz CT molecular complexity index is 969. The van der Waals surface area contributed by atoms with Gasteiger partial charge in [0.25, 0.3) is 0 Å². The number of carbonyl (C=O) groups is 1. The molecule has 1 aromatic heterocycles. The highest BCUT2D eigenvalue weighted by Gasteiger charge is 2.24. The van der Waals surface area contributed by atoms with E-state index >= 15 is 0 Å². The molecule has 5 heteroatoms. The summed E-state index contributed by atoms with van der Waals surface area (Å²) < 4.78 is 1.27.